The first-order valence-electron chi connectivity index (χ1n) is 4.05. The summed E-state index contributed by atoms with van der Waals surface area (Å²) in [5, 5.41) is 8.05. The Bertz CT molecular complexity index is 256. The molecule has 0 N–H and O–H groups in total. The van der Waals surface area contributed by atoms with Crippen molar-refractivity contribution in [3.05, 3.63) is 0 Å². The number of hydrogen-bond donors (Lipinski definition) is 1. The summed E-state index contributed by atoms with van der Waals surface area (Å²) in [6, 6.07) is 0. The van der Waals surface area contributed by atoms with Crippen LogP contribution in [0.3, 0.4) is 0 Å². The second-order valence-corrected chi connectivity index (χ2v) is 6.04. The summed E-state index contributed by atoms with van der Waals surface area (Å²) in [6.07, 6.45) is 2.00. The number of hydrogen-bond acceptors (Lipinski definition) is 7. The molecule has 0 atom stereocenters. The summed E-state index contributed by atoms with van der Waals surface area (Å²) in [5.41, 5.74) is 0. The Hall–Kier alpha value is 0.570. The maximum atomic E-state index is 5.29. The van der Waals surface area contributed by atoms with E-state index in [-0.39, 0.29) is 0 Å². The second-order valence-electron chi connectivity index (χ2n) is 2.22. The third kappa shape index (κ3) is 4.88. The molecule has 0 fully saturated rings. The normalized spacial score (nSPS) is 10.7. The molecule has 0 amide bonds. The Morgan fingerprint density at radius 3 is 2.79 bits per heavy atom. The van der Waals surface area contributed by atoms with Gasteiger partial charge in [-0.25, -0.2) is 0 Å². The highest BCUT2D eigenvalue weighted by molar-refractivity contribution is 8.02. The van der Waals surface area contributed by atoms with Gasteiger partial charge in [0.2, 0.25) is 0 Å². The lowest BCUT2D eigenvalue weighted by atomic mass is 10.8. The van der Waals surface area contributed by atoms with Crippen LogP contribution in [0.1, 0.15) is 0 Å². The van der Waals surface area contributed by atoms with Gasteiger partial charge in [0, 0.05) is 11.5 Å². The minimum Gasteiger partial charge on any atom is -0.380 e. The first kappa shape index (κ1) is 12.6. The predicted octanol–water partition coefficient (Wildman–Crippen LogP) is 2.30. The van der Waals surface area contributed by atoms with E-state index in [0.717, 1.165) is 33.4 Å². The zero-order chi connectivity index (χ0) is 10.2. The lowest BCUT2D eigenvalue weighted by Gasteiger charge is -1.98. The van der Waals surface area contributed by atoms with Crippen molar-refractivity contribution in [3.63, 3.8) is 0 Å². The van der Waals surface area contributed by atoms with Crippen LogP contribution in [0.5, 0.6) is 0 Å². The Labute approximate surface area is 102 Å². The summed E-state index contributed by atoms with van der Waals surface area (Å²) in [5.74, 6) is 1.71. The van der Waals surface area contributed by atoms with E-state index in [1.807, 2.05) is 6.26 Å². The maximum absolute atomic E-state index is 5.29. The number of aromatic nitrogens is 2. The van der Waals surface area contributed by atoms with Gasteiger partial charge in [0.05, 0.1) is 13.2 Å². The van der Waals surface area contributed by atoms with Gasteiger partial charge in [0.15, 0.2) is 8.68 Å². The molecule has 1 heterocycles. The fourth-order valence-corrected chi connectivity index (χ4v) is 3.18. The highest BCUT2D eigenvalue weighted by atomic mass is 32.2. The molecule has 0 bridgehead atoms. The topological polar surface area (TPSA) is 35.0 Å². The van der Waals surface area contributed by atoms with Gasteiger partial charge in [-0.2, -0.15) is 12.6 Å². The van der Waals surface area contributed by atoms with Gasteiger partial charge in [-0.1, -0.05) is 34.9 Å². The Balaban J connectivity index is 2.12. The van der Waals surface area contributed by atoms with Crippen molar-refractivity contribution in [2.75, 3.05) is 31.0 Å². The molecule has 0 radical (unpaired) electrons. The standard InChI is InChI=1S/C7H12N2OS4/c1-12-6-8-9-7(14-6)13-5-3-10-2-4-11/h11H,2-5H2,1H3. The summed E-state index contributed by atoms with van der Waals surface area (Å²) in [7, 11) is 0. The van der Waals surface area contributed by atoms with Gasteiger partial charge in [0.25, 0.3) is 0 Å². The average molecular weight is 268 g/mol. The number of nitrogens with zero attached hydrogens (tertiary/aromatic N) is 2. The van der Waals surface area contributed by atoms with E-state index in [1.54, 1.807) is 34.9 Å². The molecule has 0 saturated heterocycles. The molecule has 1 aromatic heterocycles. The zero-order valence-electron chi connectivity index (χ0n) is 7.80. The van der Waals surface area contributed by atoms with Crippen LogP contribution < -0.4 is 0 Å². The van der Waals surface area contributed by atoms with Crippen molar-refractivity contribution in [2.24, 2.45) is 0 Å². The third-order valence-corrected chi connectivity index (χ3v) is 4.43. The number of ether oxygens (including phenoxy) is 1. The van der Waals surface area contributed by atoms with Crippen molar-refractivity contribution in [1.29, 1.82) is 0 Å². The van der Waals surface area contributed by atoms with E-state index >= 15 is 0 Å². The summed E-state index contributed by atoms with van der Waals surface area (Å²) >= 11 is 9.00. The molecule has 0 unspecified atom stereocenters. The van der Waals surface area contributed by atoms with Crippen molar-refractivity contribution in [3.8, 4) is 0 Å². The smallest absolute Gasteiger partial charge is 0.175 e. The first-order chi connectivity index (χ1) is 6.86. The van der Waals surface area contributed by atoms with Crippen LogP contribution in [0.2, 0.25) is 0 Å². The van der Waals surface area contributed by atoms with Gasteiger partial charge in [-0.15, -0.1) is 10.2 Å². The van der Waals surface area contributed by atoms with E-state index in [2.05, 4.69) is 22.8 Å². The first-order valence-corrected chi connectivity index (χ1v) is 7.71. The van der Waals surface area contributed by atoms with E-state index in [9.17, 15) is 0 Å². The van der Waals surface area contributed by atoms with Crippen molar-refractivity contribution in [1.82, 2.24) is 10.2 Å². The summed E-state index contributed by atoms with van der Waals surface area (Å²) in [6.45, 7) is 1.47. The highest BCUT2D eigenvalue weighted by Gasteiger charge is 2.02. The van der Waals surface area contributed by atoms with E-state index in [4.69, 9.17) is 4.74 Å². The van der Waals surface area contributed by atoms with Gasteiger partial charge < -0.3 is 4.74 Å². The molecule has 14 heavy (non-hydrogen) atoms. The van der Waals surface area contributed by atoms with Crippen molar-refractivity contribution >= 4 is 47.5 Å². The van der Waals surface area contributed by atoms with Crippen LogP contribution in [-0.4, -0.2) is 41.2 Å². The van der Waals surface area contributed by atoms with E-state index in [0.29, 0.717) is 0 Å². The monoisotopic (exact) mass is 268 g/mol. The fraction of sp³-hybridized carbons (Fsp3) is 0.714. The molecule has 7 heteroatoms. The molecule has 0 aliphatic carbocycles. The van der Waals surface area contributed by atoms with Gasteiger partial charge in [-0.05, 0) is 6.26 Å². The van der Waals surface area contributed by atoms with Gasteiger partial charge >= 0.3 is 0 Å². The molecule has 3 nitrogen and oxygen atoms in total. The van der Waals surface area contributed by atoms with Crippen LogP contribution in [0.4, 0.5) is 0 Å². The molecule has 0 aliphatic rings. The molecule has 80 valence electrons. The number of rotatable bonds is 7. The zero-order valence-corrected chi connectivity index (χ0v) is 11.1. The molecule has 0 spiro atoms. The number of thioether (sulfide) groups is 2. The SMILES string of the molecule is CSc1nnc(SCCOCCS)s1. The molecule has 1 rings (SSSR count). The second kappa shape index (κ2) is 7.81. The highest BCUT2D eigenvalue weighted by Crippen LogP contribution is 2.26. The fourth-order valence-electron chi connectivity index (χ4n) is 0.693. The van der Waals surface area contributed by atoms with E-state index in [1.165, 1.54) is 0 Å². The summed E-state index contributed by atoms with van der Waals surface area (Å²) in [4.78, 5) is 0. The number of thiol groups is 1. The van der Waals surface area contributed by atoms with Crippen LogP contribution in [0, 0.1) is 0 Å². The Kier molecular flexibility index (Phi) is 7.05. The molecule has 0 aliphatic heterocycles. The molecular formula is C7H12N2OS4. The quantitative estimate of drug-likeness (QED) is 0.466. The van der Waals surface area contributed by atoms with Gasteiger partial charge in [0.1, 0.15) is 0 Å². The molecule has 1 aromatic rings. The van der Waals surface area contributed by atoms with E-state index < -0.39 is 0 Å². The minimum absolute atomic E-state index is 0.718. The van der Waals surface area contributed by atoms with Crippen LogP contribution in [0.25, 0.3) is 0 Å². The molecule has 0 saturated carbocycles. The van der Waals surface area contributed by atoms with Crippen molar-refractivity contribution in [2.45, 2.75) is 8.68 Å². The molecular weight excluding hydrogens is 256 g/mol. The Morgan fingerprint density at radius 1 is 1.36 bits per heavy atom. The average Bonchev–Trinajstić information content (AvgIpc) is 2.65. The van der Waals surface area contributed by atoms with Crippen LogP contribution in [0.15, 0.2) is 8.68 Å². The van der Waals surface area contributed by atoms with Gasteiger partial charge in [-0.3, -0.25) is 0 Å². The lowest BCUT2D eigenvalue weighted by Crippen LogP contribution is -1.99. The minimum atomic E-state index is 0.718. The summed E-state index contributed by atoms with van der Waals surface area (Å²) < 4.78 is 7.33. The third-order valence-electron chi connectivity index (χ3n) is 1.25. The lowest BCUT2D eigenvalue weighted by molar-refractivity contribution is 0.167. The Morgan fingerprint density at radius 2 is 2.14 bits per heavy atom. The predicted molar refractivity (Wildman–Crippen MR) is 67.1 cm³/mol. The molecule has 0 aromatic carbocycles. The maximum Gasteiger partial charge on any atom is 0.175 e. The van der Waals surface area contributed by atoms with Crippen molar-refractivity contribution < 1.29 is 4.74 Å². The van der Waals surface area contributed by atoms with Crippen LogP contribution >= 0.6 is 47.5 Å². The largest absolute Gasteiger partial charge is 0.380 e. The van der Waals surface area contributed by atoms with Crippen LogP contribution in [-0.2, 0) is 4.74 Å².